The highest BCUT2D eigenvalue weighted by Crippen LogP contribution is 2.29. The van der Waals surface area contributed by atoms with E-state index >= 15 is 0 Å². The molecule has 0 amide bonds. The van der Waals surface area contributed by atoms with Crippen molar-refractivity contribution < 1.29 is 4.74 Å². The molecule has 21 heavy (non-hydrogen) atoms. The Kier molecular flexibility index (Phi) is 3.88. The molecule has 2 aromatic rings. The van der Waals surface area contributed by atoms with Crippen molar-refractivity contribution in [1.29, 1.82) is 0 Å². The molecular formula is C17H21N3O. The van der Waals surface area contributed by atoms with Crippen LogP contribution < -0.4 is 10.1 Å². The molecule has 0 radical (unpaired) electrons. The molecule has 1 aliphatic rings. The summed E-state index contributed by atoms with van der Waals surface area (Å²) in [5.41, 5.74) is 4.39. The second-order valence-electron chi connectivity index (χ2n) is 5.51. The SMILES string of the molecule is COc1cccc(-c2nc(C)c(C3CCCN3)c(C)n2)c1. The fourth-order valence-electron chi connectivity index (χ4n) is 3.05. The van der Waals surface area contributed by atoms with E-state index in [0.29, 0.717) is 6.04 Å². The predicted molar refractivity (Wildman–Crippen MR) is 83.5 cm³/mol. The molecular weight excluding hydrogens is 262 g/mol. The Bertz CT molecular complexity index is 625. The standard InChI is InChI=1S/C17H21N3O/c1-11-16(15-8-5-9-18-15)12(2)20-17(19-11)13-6-4-7-14(10-13)21-3/h4,6-7,10,15,18H,5,8-9H2,1-3H3. The number of benzene rings is 1. The van der Waals surface area contributed by atoms with Gasteiger partial charge in [0.05, 0.1) is 7.11 Å². The number of aromatic nitrogens is 2. The van der Waals surface area contributed by atoms with Gasteiger partial charge in [-0.25, -0.2) is 9.97 Å². The second-order valence-corrected chi connectivity index (χ2v) is 5.51. The van der Waals surface area contributed by atoms with Gasteiger partial charge in [0.2, 0.25) is 0 Å². The van der Waals surface area contributed by atoms with E-state index in [2.05, 4.69) is 19.2 Å². The number of hydrogen-bond donors (Lipinski definition) is 1. The third kappa shape index (κ3) is 2.76. The first kappa shape index (κ1) is 14.0. The van der Waals surface area contributed by atoms with Crippen molar-refractivity contribution in [3.8, 4) is 17.1 Å². The molecule has 3 rings (SSSR count). The van der Waals surface area contributed by atoms with Crippen molar-refractivity contribution in [1.82, 2.24) is 15.3 Å². The van der Waals surface area contributed by atoms with Crippen molar-refractivity contribution in [2.24, 2.45) is 0 Å². The van der Waals surface area contributed by atoms with Gasteiger partial charge in [0.25, 0.3) is 0 Å². The molecule has 1 aliphatic heterocycles. The van der Waals surface area contributed by atoms with E-state index in [1.807, 2.05) is 24.3 Å². The molecule has 4 heteroatoms. The van der Waals surface area contributed by atoms with Crippen LogP contribution in [0.1, 0.15) is 35.8 Å². The van der Waals surface area contributed by atoms with Crippen LogP contribution in [0.3, 0.4) is 0 Å². The van der Waals surface area contributed by atoms with E-state index in [1.165, 1.54) is 18.4 Å². The lowest BCUT2D eigenvalue weighted by Crippen LogP contribution is -2.17. The zero-order valence-electron chi connectivity index (χ0n) is 12.8. The highest BCUT2D eigenvalue weighted by atomic mass is 16.5. The molecule has 0 spiro atoms. The van der Waals surface area contributed by atoms with E-state index in [-0.39, 0.29) is 0 Å². The number of nitrogens with zero attached hydrogens (tertiary/aromatic N) is 2. The van der Waals surface area contributed by atoms with Gasteiger partial charge in [0.1, 0.15) is 5.75 Å². The zero-order valence-corrected chi connectivity index (χ0v) is 12.8. The molecule has 1 N–H and O–H groups in total. The Morgan fingerprint density at radius 2 is 1.95 bits per heavy atom. The van der Waals surface area contributed by atoms with Crippen molar-refractivity contribution in [2.45, 2.75) is 32.7 Å². The summed E-state index contributed by atoms with van der Waals surface area (Å²) in [6.07, 6.45) is 2.39. The lowest BCUT2D eigenvalue weighted by molar-refractivity contribution is 0.415. The van der Waals surface area contributed by atoms with Crippen LogP contribution in [0.25, 0.3) is 11.4 Å². The summed E-state index contributed by atoms with van der Waals surface area (Å²) in [5.74, 6) is 1.60. The van der Waals surface area contributed by atoms with Gasteiger partial charge < -0.3 is 10.1 Å². The third-order valence-corrected chi connectivity index (χ3v) is 4.06. The summed E-state index contributed by atoms with van der Waals surface area (Å²) in [6.45, 7) is 5.24. The summed E-state index contributed by atoms with van der Waals surface area (Å²) < 4.78 is 5.28. The van der Waals surface area contributed by atoms with Gasteiger partial charge in [0, 0.05) is 28.6 Å². The molecule has 0 saturated carbocycles. The van der Waals surface area contributed by atoms with Crippen LogP contribution in [-0.4, -0.2) is 23.6 Å². The molecule has 1 unspecified atom stereocenters. The van der Waals surface area contributed by atoms with E-state index in [1.54, 1.807) is 7.11 Å². The Hall–Kier alpha value is -1.94. The number of methoxy groups -OCH3 is 1. The first-order valence-electron chi connectivity index (χ1n) is 7.42. The molecule has 1 fully saturated rings. The maximum Gasteiger partial charge on any atom is 0.159 e. The molecule has 4 nitrogen and oxygen atoms in total. The number of nitrogens with one attached hydrogen (secondary N) is 1. The smallest absolute Gasteiger partial charge is 0.159 e. The van der Waals surface area contributed by atoms with Crippen LogP contribution in [-0.2, 0) is 0 Å². The van der Waals surface area contributed by atoms with Crippen LogP contribution in [0.5, 0.6) is 5.75 Å². The average molecular weight is 283 g/mol. The summed E-state index contributed by atoms with van der Waals surface area (Å²) in [4.78, 5) is 9.44. The second kappa shape index (κ2) is 5.82. The van der Waals surface area contributed by atoms with Crippen LogP contribution in [0, 0.1) is 13.8 Å². The van der Waals surface area contributed by atoms with Gasteiger partial charge in [-0.15, -0.1) is 0 Å². The highest BCUT2D eigenvalue weighted by molar-refractivity contribution is 5.58. The van der Waals surface area contributed by atoms with Gasteiger partial charge in [-0.05, 0) is 45.4 Å². The van der Waals surface area contributed by atoms with E-state index in [4.69, 9.17) is 14.7 Å². The summed E-state index contributed by atoms with van der Waals surface area (Å²) in [6, 6.07) is 8.30. The van der Waals surface area contributed by atoms with Gasteiger partial charge in [-0.2, -0.15) is 0 Å². The third-order valence-electron chi connectivity index (χ3n) is 4.06. The largest absolute Gasteiger partial charge is 0.497 e. The highest BCUT2D eigenvalue weighted by Gasteiger charge is 2.22. The normalized spacial score (nSPS) is 18.0. The molecule has 1 saturated heterocycles. The molecule has 2 heterocycles. The monoisotopic (exact) mass is 283 g/mol. The minimum Gasteiger partial charge on any atom is -0.497 e. The average Bonchev–Trinajstić information content (AvgIpc) is 3.00. The fraction of sp³-hybridized carbons (Fsp3) is 0.412. The number of hydrogen-bond acceptors (Lipinski definition) is 4. The number of aryl methyl sites for hydroxylation is 2. The fourth-order valence-corrected chi connectivity index (χ4v) is 3.05. The van der Waals surface area contributed by atoms with Gasteiger partial charge >= 0.3 is 0 Å². The van der Waals surface area contributed by atoms with Gasteiger partial charge in [-0.1, -0.05) is 12.1 Å². The molecule has 1 atom stereocenters. The predicted octanol–water partition coefficient (Wildman–Crippen LogP) is 3.19. The number of ether oxygens (including phenoxy) is 1. The molecule has 1 aromatic carbocycles. The van der Waals surface area contributed by atoms with Crippen LogP contribution in [0.2, 0.25) is 0 Å². The molecule has 0 bridgehead atoms. The first-order valence-corrected chi connectivity index (χ1v) is 7.42. The summed E-state index contributed by atoms with van der Waals surface area (Å²) in [5, 5.41) is 3.53. The van der Waals surface area contributed by atoms with Crippen molar-refractivity contribution in [3.63, 3.8) is 0 Å². The van der Waals surface area contributed by atoms with Gasteiger partial charge in [0.15, 0.2) is 5.82 Å². The Morgan fingerprint density at radius 3 is 2.57 bits per heavy atom. The van der Waals surface area contributed by atoms with E-state index in [0.717, 1.165) is 35.1 Å². The first-order chi connectivity index (χ1) is 10.2. The van der Waals surface area contributed by atoms with Crippen LogP contribution >= 0.6 is 0 Å². The van der Waals surface area contributed by atoms with Crippen LogP contribution in [0.15, 0.2) is 24.3 Å². The minimum atomic E-state index is 0.407. The summed E-state index contributed by atoms with van der Waals surface area (Å²) in [7, 11) is 1.67. The Morgan fingerprint density at radius 1 is 1.19 bits per heavy atom. The quantitative estimate of drug-likeness (QED) is 0.939. The maximum atomic E-state index is 5.28. The topological polar surface area (TPSA) is 47.0 Å². The zero-order chi connectivity index (χ0) is 14.8. The lowest BCUT2D eigenvalue weighted by Gasteiger charge is -2.17. The van der Waals surface area contributed by atoms with Crippen molar-refractivity contribution in [2.75, 3.05) is 13.7 Å². The molecule has 110 valence electrons. The van der Waals surface area contributed by atoms with Crippen molar-refractivity contribution >= 4 is 0 Å². The summed E-state index contributed by atoms with van der Waals surface area (Å²) >= 11 is 0. The molecule has 0 aliphatic carbocycles. The molecule has 1 aromatic heterocycles. The number of rotatable bonds is 3. The Balaban J connectivity index is 2.01. The van der Waals surface area contributed by atoms with Gasteiger partial charge in [-0.3, -0.25) is 0 Å². The van der Waals surface area contributed by atoms with E-state index in [9.17, 15) is 0 Å². The van der Waals surface area contributed by atoms with Crippen LogP contribution in [0.4, 0.5) is 0 Å². The van der Waals surface area contributed by atoms with E-state index < -0.39 is 0 Å². The van der Waals surface area contributed by atoms with Crippen molar-refractivity contribution in [3.05, 3.63) is 41.2 Å². The Labute approximate surface area is 125 Å². The lowest BCUT2D eigenvalue weighted by atomic mass is 10.0. The maximum absolute atomic E-state index is 5.28. The minimum absolute atomic E-state index is 0.407.